The second kappa shape index (κ2) is 2.90. The first kappa shape index (κ1) is 7.80. The third-order valence-electron chi connectivity index (χ3n) is 1.99. The average molecular weight is 225 g/mol. The summed E-state index contributed by atoms with van der Waals surface area (Å²) in [6.07, 6.45) is 2.03. The predicted molar refractivity (Wildman–Crippen MR) is 52.6 cm³/mol. The maximum Gasteiger partial charge on any atom is 0.137 e. The average Bonchev–Trinajstić information content (AvgIpc) is 2.44. The summed E-state index contributed by atoms with van der Waals surface area (Å²) in [5, 5.41) is 0.820. The lowest BCUT2D eigenvalue weighted by Gasteiger charge is -1.93. The fraction of sp³-hybridized carbons (Fsp3) is 0.222. The second-order valence-electron chi connectivity index (χ2n) is 2.71. The van der Waals surface area contributed by atoms with Crippen molar-refractivity contribution in [3.8, 4) is 0 Å². The fourth-order valence-electron chi connectivity index (χ4n) is 1.29. The lowest BCUT2D eigenvalue weighted by molar-refractivity contribution is 1.09. The van der Waals surface area contributed by atoms with E-state index in [1.165, 1.54) is 5.69 Å². The Balaban J connectivity index is 2.78. The summed E-state index contributed by atoms with van der Waals surface area (Å²) in [4.78, 5) is 4.45. The Bertz CT molecular complexity index is 406. The van der Waals surface area contributed by atoms with Crippen LogP contribution in [-0.4, -0.2) is 9.38 Å². The molecular weight excluding hydrogens is 216 g/mol. The monoisotopic (exact) mass is 224 g/mol. The highest BCUT2D eigenvalue weighted by Crippen LogP contribution is 2.13. The zero-order valence-electron chi connectivity index (χ0n) is 6.79. The van der Waals surface area contributed by atoms with Crippen LogP contribution < -0.4 is 0 Å². The van der Waals surface area contributed by atoms with E-state index in [0.717, 1.165) is 16.7 Å². The van der Waals surface area contributed by atoms with Crippen LogP contribution in [0.2, 0.25) is 0 Å². The highest BCUT2D eigenvalue weighted by Gasteiger charge is 2.04. The number of nitrogens with zero attached hydrogens (tertiary/aromatic N) is 2. The van der Waals surface area contributed by atoms with Crippen molar-refractivity contribution < 1.29 is 0 Å². The van der Waals surface area contributed by atoms with Crippen LogP contribution in [0.25, 0.3) is 5.65 Å². The van der Waals surface area contributed by atoms with Gasteiger partial charge in [-0.15, -0.1) is 0 Å². The summed E-state index contributed by atoms with van der Waals surface area (Å²) in [6, 6.07) is 6.03. The summed E-state index contributed by atoms with van der Waals surface area (Å²) in [5.41, 5.74) is 3.34. The Morgan fingerprint density at radius 2 is 2.33 bits per heavy atom. The summed E-state index contributed by atoms with van der Waals surface area (Å²) in [6.45, 7) is 2.08. The van der Waals surface area contributed by atoms with Gasteiger partial charge in [0.1, 0.15) is 5.65 Å². The van der Waals surface area contributed by atoms with Crippen LogP contribution in [0.1, 0.15) is 11.4 Å². The van der Waals surface area contributed by atoms with E-state index in [1.807, 2.05) is 24.4 Å². The number of aromatic nitrogens is 2. The lowest BCUT2D eigenvalue weighted by atomic mass is 10.4. The van der Waals surface area contributed by atoms with Crippen molar-refractivity contribution in [1.82, 2.24) is 9.38 Å². The number of hydrogen-bond acceptors (Lipinski definition) is 1. The molecule has 2 aromatic heterocycles. The number of hydrogen-bond donors (Lipinski definition) is 0. The predicted octanol–water partition coefficient (Wildman–Crippen LogP) is 2.54. The van der Waals surface area contributed by atoms with Gasteiger partial charge in [0.25, 0.3) is 0 Å². The van der Waals surface area contributed by atoms with Gasteiger partial charge in [-0.1, -0.05) is 22.0 Å². The molecule has 0 aliphatic rings. The van der Waals surface area contributed by atoms with E-state index >= 15 is 0 Å². The molecule has 0 radical (unpaired) electrons. The number of aryl methyl sites for hydroxylation is 1. The number of pyridine rings is 1. The normalized spacial score (nSPS) is 10.8. The Hall–Kier alpha value is -0.830. The zero-order chi connectivity index (χ0) is 8.55. The Labute approximate surface area is 79.4 Å². The van der Waals surface area contributed by atoms with E-state index in [-0.39, 0.29) is 0 Å². The molecule has 2 rings (SSSR count). The van der Waals surface area contributed by atoms with Crippen LogP contribution in [0.5, 0.6) is 0 Å². The first-order valence-electron chi connectivity index (χ1n) is 3.81. The van der Waals surface area contributed by atoms with Gasteiger partial charge in [-0.2, -0.15) is 0 Å². The molecule has 2 aromatic rings. The number of imidazole rings is 1. The molecule has 0 bridgehead atoms. The van der Waals surface area contributed by atoms with Gasteiger partial charge in [0.15, 0.2) is 0 Å². The Morgan fingerprint density at radius 3 is 3.00 bits per heavy atom. The molecule has 62 valence electrons. The van der Waals surface area contributed by atoms with Crippen LogP contribution in [0.3, 0.4) is 0 Å². The molecule has 0 fully saturated rings. The van der Waals surface area contributed by atoms with Crippen LogP contribution in [0.15, 0.2) is 24.4 Å². The minimum absolute atomic E-state index is 0.820. The minimum Gasteiger partial charge on any atom is -0.304 e. The van der Waals surface area contributed by atoms with Gasteiger partial charge in [-0.05, 0) is 19.1 Å². The second-order valence-corrected chi connectivity index (χ2v) is 3.27. The van der Waals surface area contributed by atoms with Crippen LogP contribution >= 0.6 is 15.9 Å². The Kier molecular flexibility index (Phi) is 1.89. The fourth-order valence-corrected chi connectivity index (χ4v) is 1.82. The number of alkyl halides is 1. The van der Waals surface area contributed by atoms with Crippen molar-refractivity contribution in [1.29, 1.82) is 0 Å². The van der Waals surface area contributed by atoms with Crippen LogP contribution in [0.4, 0.5) is 0 Å². The molecule has 2 nitrogen and oxygen atoms in total. The third-order valence-corrected chi connectivity index (χ3v) is 2.52. The highest BCUT2D eigenvalue weighted by molar-refractivity contribution is 9.08. The van der Waals surface area contributed by atoms with E-state index in [1.54, 1.807) is 0 Å². The third kappa shape index (κ3) is 1.05. The van der Waals surface area contributed by atoms with Crippen molar-refractivity contribution in [3.05, 3.63) is 35.8 Å². The van der Waals surface area contributed by atoms with E-state index in [4.69, 9.17) is 0 Å². The quantitative estimate of drug-likeness (QED) is 0.681. The van der Waals surface area contributed by atoms with Crippen molar-refractivity contribution in [3.63, 3.8) is 0 Å². The van der Waals surface area contributed by atoms with Crippen LogP contribution in [-0.2, 0) is 5.33 Å². The first-order chi connectivity index (χ1) is 5.83. The maximum absolute atomic E-state index is 4.45. The molecule has 12 heavy (non-hydrogen) atoms. The molecule has 0 aliphatic heterocycles. The van der Waals surface area contributed by atoms with Gasteiger partial charge in [-0.3, -0.25) is 0 Å². The number of rotatable bonds is 1. The summed E-state index contributed by atoms with van der Waals surface area (Å²) in [5.74, 6) is 0. The number of halogens is 1. The van der Waals surface area contributed by atoms with Crippen LogP contribution in [0, 0.1) is 6.92 Å². The summed E-state index contributed by atoms with van der Waals surface area (Å²) in [7, 11) is 0. The lowest BCUT2D eigenvalue weighted by Crippen LogP contribution is -1.86. The van der Waals surface area contributed by atoms with E-state index in [9.17, 15) is 0 Å². The maximum atomic E-state index is 4.45. The van der Waals surface area contributed by atoms with Crippen molar-refractivity contribution >= 4 is 21.6 Å². The smallest absolute Gasteiger partial charge is 0.137 e. The van der Waals surface area contributed by atoms with Gasteiger partial charge in [-0.25, -0.2) is 4.98 Å². The molecule has 0 saturated heterocycles. The van der Waals surface area contributed by atoms with Gasteiger partial charge in [0.2, 0.25) is 0 Å². The van der Waals surface area contributed by atoms with E-state index in [0.29, 0.717) is 0 Å². The molecule has 2 heterocycles. The zero-order valence-corrected chi connectivity index (χ0v) is 8.37. The largest absolute Gasteiger partial charge is 0.304 e. The molecular formula is C9H9BrN2. The molecule has 0 aromatic carbocycles. The van der Waals surface area contributed by atoms with Crippen molar-refractivity contribution in [2.45, 2.75) is 12.3 Å². The van der Waals surface area contributed by atoms with Gasteiger partial charge >= 0.3 is 0 Å². The molecule has 0 amide bonds. The Morgan fingerprint density at radius 1 is 1.50 bits per heavy atom. The molecule has 0 aliphatic carbocycles. The standard InChI is InChI=1S/C9H9BrN2/c1-7-8(6-10)11-9-4-2-3-5-12(7)9/h2-5H,6H2,1H3. The topological polar surface area (TPSA) is 17.3 Å². The SMILES string of the molecule is Cc1c(CBr)nc2ccccn12. The molecule has 0 spiro atoms. The highest BCUT2D eigenvalue weighted by atomic mass is 79.9. The first-order valence-corrected chi connectivity index (χ1v) is 4.93. The van der Waals surface area contributed by atoms with E-state index in [2.05, 4.69) is 32.2 Å². The summed E-state index contributed by atoms with van der Waals surface area (Å²) < 4.78 is 2.09. The van der Waals surface area contributed by atoms with Gasteiger partial charge in [0.05, 0.1) is 5.69 Å². The minimum atomic E-state index is 0.820. The molecule has 0 N–H and O–H groups in total. The van der Waals surface area contributed by atoms with Gasteiger partial charge < -0.3 is 4.40 Å². The van der Waals surface area contributed by atoms with Crippen molar-refractivity contribution in [2.24, 2.45) is 0 Å². The molecule has 0 atom stereocenters. The number of fused-ring (bicyclic) bond motifs is 1. The van der Waals surface area contributed by atoms with Gasteiger partial charge in [0, 0.05) is 17.2 Å². The molecule has 0 unspecified atom stereocenters. The van der Waals surface area contributed by atoms with Crippen molar-refractivity contribution in [2.75, 3.05) is 0 Å². The molecule has 0 saturated carbocycles. The van der Waals surface area contributed by atoms with E-state index < -0.39 is 0 Å². The molecule has 3 heteroatoms. The summed E-state index contributed by atoms with van der Waals surface area (Å²) >= 11 is 3.41.